The Balaban J connectivity index is 1.27. The highest BCUT2D eigenvalue weighted by molar-refractivity contribution is 6.30. The van der Waals surface area contributed by atoms with Gasteiger partial charge in [0.2, 0.25) is 5.91 Å². The first kappa shape index (κ1) is 21.0. The molecule has 5 rings (SSSR count). The van der Waals surface area contributed by atoms with Crippen molar-refractivity contribution in [2.24, 2.45) is 0 Å². The minimum absolute atomic E-state index is 0.00931. The first-order valence-corrected chi connectivity index (χ1v) is 11.4. The number of anilines is 1. The Labute approximate surface area is 191 Å². The molecule has 1 aromatic heterocycles. The van der Waals surface area contributed by atoms with E-state index in [-0.39, 0.29) is 36.0 Å². The molecule has 3 heterocycles. The van der Waals surface area contributed by atoms with Crippen LogP contribution in [0.4, 0.5) is 10.1 Å². The van der Waals surface area contributed by atoms with Gasteiger partial charge >= 0.3 is 0 Å². The number of hydrogen-bond donors (Lipinski definition) is 1. The van der Waals surface area contributed by atoms with Crippen LogP contribution in [0.25, 0.3) is 10.9 Å². The van der Waals surface area contributed by atoms with Crippen molar-refractivity contribution >= 4 is 34.1 Å². The normalized spacial score (nSPS) is 23.2. The van der Waals surface area contributed by atoms with Crippen LogP contribution in [0.1, 0.15) is 32.6 Å². The van der Waals surface area contributed by atoms with Gasteiger partial charge in [0.15, 0.2) is 0 Å². The highest BCUT2D eigenvalue weighted by Gasteiger charge is 2.45. The average Bonchev–Trinajstić information content (AvgIpc) is 3.05. The smallest absolute Gasteiger partial charge is 0.245 e. The summed E-state index contributed by atoms with van der Waals surface area (Å²) in [7, 11) is 0. The minimum Gasteiger partial charge on any atom is -0.490 e. The van der Waals surface area contributed by atoms with Crippen molar-refractivity contribution in [3.63, 3.8) is 0 Å². The standard InChI is InChI=1S/C25H25ClFN3O2/c1-15(29-18-5-2-16(26)3-6-18)25(31)30-19-7-8-20(30)14-21(13-19)32-24-10-11-28-23-9-4-17(27)12-22(23)24/h2-6,9-12,15,19-21,29H,7-8,13-14H2,1H3. The van der Waals surface area contributed by atoms with Gasteiger partial charge in [0, 0.05) is 47.2 Å². The zero-order chi connectivity index (χ0) is 22.2. The quantitative estimate of drug-likeness (QED) is 0.559. The number of hydrogen-bond acceptors (Lipinski definition) is 4. The van der Waals surface area contributed by atoms with Crippen LogP contribution in [-0.4, -0.2) is 40.0 Å². The number of aromatic nitrogens is 1. The van der Waals surface area contributed by atoms with Gasteiger partial charge < -0.3 is 15.0 Å². The first-order chi connectivity index (χ1) is 15.5. The van der Waals surface area contributed by atoms with Crippen molar-refractivity contribution in [3.8, 4) is 5.75 Å². The zero-order valence-electron chi connectivity index (χ0n) is 17.8. The maximum atomic E-state index is 13.8. The number of benzene rings is 2. The largest absolute Gasteiger partial charge is 0.490 e. The highest BCUT2D eigenvalue weighted by Crippen LogP contribution is 2.39. The number of pyridine rings is 1. The van der Waals surface area contributed by atoms with Gasteiger partial charge in [-0.15, -0.1) is 0 Å². The summed E-state index contributed by atoms with van der Waals surface area (Å²) in [6.07, 6.45) is 5.19. The molecule has 2 aliphatic rings. The topological polar surface area (TPSA) is 54.5 Å². The zero-order valence-corrected chi connectivity index (χ0v) is 18.6. The number of ether oxygens (including phenoxy) is 1. The number of nitrogens with one attached hydrogen (secondary N) is 1. The lowest BCUT2D eigenvalue weighted by Gasteiger charge is -2.40. The molecule has 3 atom stereocenters. The molecule has 32 heavy (non-hydrogen) atoms. The molecule has 166 valence electrons. The number of piperidine rings is 1. The van der Waals surface area contributed by atoms with Crippen LogP contribution in [0.2, 0.25) is 5.02 Å². The fraction of sp³-hybridized carbons (Fsp3) is 0.360. The molecule has 7 heteroatoms. The minimum atomic E-state index is -0.330. The Bertz CT molecular complexity index is 1130. The van der Waals surface area contributed by atoms with Crippen LogP contribution < -0.4 is 10.1 Å². The third kappa shape index (κ3) is 4.11. The van der Waals surface area contributed by atoms with Crippen molar-refractivity contribution in [1.29, 1.82) is 0 Å². The van der Waals surface area contributed by atoms with Gasteiger partial charge in [-0.05, 0) is 68.3 Å². The van der Waals surface area contributed by atoms with E-state index in [0.29, 0.717) is 21.7 Å². The first-order valence-electron chi connectivity index (χ1n) is 11.0. The van der Waals surface area contributed by atoms with Gasteiger partial charge in [0.05, 0.1) is 5.52 Å². The van der Waals surface area contributed by atoms with Gasteiger partial charge in [-0.3, -0.25) is 9.78 Å². The van der Waals surface area contributed by atoms with Gasteiger partial charge in [-0.1, -0.05) is 11.6 Å². The van der Waals surface area contributed by atoms with Crippen molar-refractivity contribution in [1.82, 2.24) is 9.88 Å². The van der Waals surface area contributed by atoms with Crippen LogP contribution in [0.3, 0.4) is 0 Å². The Morgan fingerprint density at radius 2 is 1.88 bits per heavy atom. The second kappa shape index (κ2) is 8.58. The van der Waals surface area contributed by atoms with Gasteiger partial charge in [0.25, 0.3) is 0 Å². The van der Waals surface area contributed by atoms with E-state index in [9.17, 15) is 9.18 Å². The summed E-state index contributed by atoms with van der Waals surface area (Å²) < 4.78 is 20.1. The maximum Gasteiger partial charge on any atom is 0.245 e. The Kier molecular flexibility index (Phi) is 5.64. The Hall–Kier alpha value is -2.86. The van der Waals surface area contributed by atoms with Crippen LogP contribution in [0.15, 0.2) is 54.7 Å². The maximum absolute atomic E-state index is 13.8. The van der Waals surface area contributed by atoms with Crippen molar-refractivity contribution < 1.29 is 13.9 Å². The number of nitrogens with zero attached hydrogens (tertiary/aromatic N) is 2. The SMILES string of the molecule is CC(Nc1ccc(Cl)cc1)C(=O)N1C2CCC1CC(Oc1ccnc3ccc(F)cc13)C2. The molecule has 3 aromatic rings. The summed E-state index contributed by atoms with van der Waals surface area (Å²) >= 11 is 5.95. The van der Waals surface area contributed by atoms with Crippen LogP contribution in [0.5, 0.6) is 5.75 Å². The molecule has 0 spiro atoms. The van der Waals surface area contributed by atoms with Crippen molar-refractivity contribution in [2.45, 2.75) is 56.8 Å². The lowest BCUT2D eigenvalue weighted by atomic mass is 9.98. The van der Waals surface area contributed by atoms with Crippen LogP contribution >= 0.6 is 11.6 Å². The van der Waals surface area contributed by atoms with Crippen molar-refractivity contribution in [2.75, 3.05) is 5.32 Å². The highest BCUT2D eigenvalue weighted by atomic mass is 35.5. The predicted octanol–water partition coefficient (Wildman–Crippen LogP) is 5.43. The fourth-order valence-electron chi connectivity index (χ4n) is 5.04. The van der Waals surface area contributed by atoms with E-state index in [1.54, 1.807) is 18.3 Å². The van der Waals surface area contributed by atoms with E-state index >= 15 is 0 Å². The third-order valence-electron chi connectivity index (χ3n) is 6.50. The molecule has 1 amide bonds. The van der Waals surface area contributed by atoms with Crippen molar-refractivity contribution in [3.05, 3.63) is 65.6 Å². The number of fused-ring (bicyclic) bond motifs is 3. The second-order valence-corrected chi connectivity index (χ2v) is 9.12. The van der Waals surface area contributed by atoms with E-state index in [2.05, 4.69) is 15.2 Å². The summed E-state index contributed by atoms with van der Waals surface area (Å²) in [5.41, 5.74) is 1.58. The Morgan fingerprint density at radius 1 is 1.16 bits per heavy atom. The second-order valence-electron chi connectivity index (χ2n) is 8.69. The molecule has 0 radical (unpaired) electrons. The number of carbonyl (C=O) groups is 1. The number of amides is 1. The van der Waals surface area contributed by atoms with Gasteiger partial charge in [-0.2, -0.15) is 0 Å². The molecule has 1 N–H and O–H groups in total. The predicted molar refractivity (Wildman–Crippen MR) is 124 cm³/mol. The van der Waals surface area contributed by atoms with Crippen LogP contribution in [0, 0.1) is 5.82 Å². The van der Waals surface area contributed by atoms with Gasteiger partial charge in [-0.25, -0.2) is 4.39 Å². The van der Waals surface area contributed by atoms with E-state index in [1.165, 1.54) is 12.1 Å². The molecule has 0 aliphatic carbocycles. The molecule has 3 unspecified atom stereocenters. The molecule has 2 aromatic carbocycles. The number of rotatable bonds is 5. The summed E-state index contributed by atoms with van der Waals surface area (Å²) in [6, 6.07) is 13.7. The molecular formula is C25H25ClFN3O2. The van der Waals surface area contributed by atoms with E-state index in [1.807, 2.05) is 31.2 Å². The average molecular weight is 454 g/mol. The molecule has 5 nitrogen and oxygen atoms in total. The van der Waals surface area contributed by atoms with E-state index in [4.69, 9.17) is 16.3 Å². The summed E-state index contributed by atoms with van der Waals surface area (Å²) in [6.45, 7) is 1.90. The number of halogens is 2. The summed E-state index contributed by atoms with van der Waals surface area (Å²) in [5.74, 6) is 0.455. The molecule has 2 saturated heterocycles. The third-order valence-corrected chi connectivity index (χ3v) is 6.75. The Morgan fingerprint density at radius 3 is 2.59 bits per heavy atom. The van der Waals surface area contributed by atoms with E-state index < -0.39 is 0 Å². The molecule has 2 aliphatic heterocycles. The summed E-state index contributed by atoms with van der Waals surface area (Å²) in [4.78, 5) is 19.6. The van der Waals surface area contributed by atoms with Gasteiger partial charge in [0.1, 0.15) is 23.7 Å². The van der Waals surface area contributed by atoms with E-state index in [0.717, 1.165) is 31.4 Å². The monoisotopic (exact) mass is 453 g/mol. The lowest BCUT2D eigenvalue weighted by molar-refractivity contribution is -0.137. The fourth-order valence-corrected chi connectivity index (χ4v) is 5.17. The number of carbonyl (C=O) groups excluding carboxylic acids is 1. The molecule has 2 fully saturated rings. The molecule has 0 saturated carbocycles. The van der Waals surface area contributed by atoms with Crippen LogP contribution in [-0.2, 0) is 4.79 Å². The molecule has 2 bridgehead atoms. The molecular weight excluding hydrogens is 429 g/mol. The lowest BCUT2D eigenvalue weighted by Crippen LogP contribution is -2.53. The summed E-state index contributed by atoms with van der Waals surface area (Å²) in [5, 5.41) is 4.63.